The lowest BCUT2D eigenvalue weighted by Crippen LogP contribution is -2.49. The van der Waals surface area contributed by atoms with Crippen LogP contribution in [0, 0.1) is 20.8 Å². The van der Waals surface area contributed by atoms with Crippen LogP contribution in [0.15, 0.2) is 42.5 Å². The van der Waals surface area contributed by atoms with Crippen LogP contribution >= 0.6 is 0 Å². The van der Waals surface area contributed by atoms with Gasteiger partial charge in [-0.25, -0.2) is 0 Å². The maximum atomic E-state index is 12.6. The summed E-state index contributed by atoms with van der Waals surface area (Å²) in [6, 6.07) is 13.5. The number of methoxy groups -OCH3 is 1. The van der Waals surface area contributed by atoms with Crippen LogP contribution in [0.1, 0.15) is 22.3 Å². The molecule has 0 aliphatic heterocycles. The van der Waals surface area contributed by atoms with Gasteiger partial charge in [0.05, 0.1) is 0 Å². The van der Waals surface area contributed by atoms with Crippen LogP contribution in [-0.2, 0) is 15.1 Å². The van der Waals surface area contributed by atoms with Gasteiger partial charge in [0, 0.05) is 14.2 Å². The smallest absolute Gasteiger partial charge is 0.260 e. The monoisotopic (exact) mass is 327 g/mol. The largest absolute Gasteiger partial charge is 0.489 e. The standard InChI is InChI=1S/C20H25NO3/c1-14-11-15(2)16(3)18(12-14)24-13-20(23-5,19(22)21-4)17-9-7-6-8-10-17/h6-12H,13H2,1-5H3,(H,21,22). The van der Waals surface area contributed by atoms with E-state index in [1.807, 2.05) is 50.2 Å². The zero-order valence-electron chi connectivity index (χ0n) is 15.0. The van der Waals surface area contributed by atoms with Crippen LogP contribution in [0.4, 0.5) is 0 Å². The van der Waals surface area contributed by atoms with E-state index in [1.54, 1.807) is 7.05 Å². The number of ether oxygens (including phenoxy) is 2. The lowest BCUT2D eigenvalue weighted by atomic mass is 9.93. The summed E-state index contributed by atoms with van der Waals surface area (Å²) in [5.74, 6) is 0.534. The third-order valence-corrected chi connectivity index (χ3v) is 4.38. The van der Waals surface area contributed by atoms with Gasteiger partial charge in [0.2, 0.25) is 5.60 Å². The number of rotatable bonds is 6. The fourth-order valence-corrected chi connectivity index (χ4v) is 2.79. The Morgan fingerprint density at radius 3 is 2.38 bits per heavy atom. The number of amides is 1. The van der Waals surface area contributed by atoms with Crippen molar-refractivity contribution in [3.63, 3.8) is 0 Å². The Morgan fingerprint density at radius 2 is 1.79 bits per heavy atom. The first kappa shape index (κ1) is 18.0. The van der Waals surface area contributed by atoms with E-state index in [4.69, 9.17) is 9.47 Å². The molecule has 1 N–H and O–H groups in total. The van der Waals surface area contributed by atoms with Crippen LogP contribution < -0.4 is 10.1 Å². The van der Waals surface area contributed by atoms with Crippen molar-refractivity contribution in [3.05, 3.63) is 64.7 Å². The van der Waals surface area contributed by atoms with Crippen molar-refractivity contribution in [2.45, 2.75) is 26.4 Å². The zero-order valence-corrected chi connectivity index (χ0v) is 15.0. The second-order valence-corrected chi connectivity index (χ2v) is 5.97. The molecule has 2 aromatic rings. The molecule has 1 unspecified atom stereocenters. The second kappa shape index (κ2) is 7.49. The molecule has 0 saturated heterocycles. The number of nitrogens with one attached hydrogen (secondary N) is 1. The molecular formula is C20H25NO3. The predicted octanol–water partition coefficient (Wildman–Crippen LogP) is 3.28. The Labute approximate surface area is 143 Å². The number of benzene rings is 2. The van der Waals surface area contributed by atoms with E-state index in [2.05, 4.69) is 18.3 Å². The minimum Gasteiger partial charge on any atom is -0.489 e. The Kier molecular flexibility index (Phi) is 5.62. The molecule has 0 fully saturated rings. The first-order valence-electron chi connectivity index (χ1n) is 7.98. The van der Waals surface area contributed by atoms with Crippen molar-refractivity contribution in [3.8, 4) is 5.75 Å². The number of likely N-dealkylation sites (N-methyl/N-ethyl adjacent to an activating group) is 1. The molecule has 2 rings (SSSR count). The Bertz CT molecular complexity index is 712. The normalized spacial score (nSPS) is 13.2. The summed E-state index contributed by atoms with van der Waals surface area (Å²) in [6.45, 7) is 6.19. The minimum absolute atomic E-state index is 0.0942. The van der Waals surface area contributed by atoms with E-state index in [9.17, 15) is 4.79 Å². The van der Waals surface area contributed by atoms with Crippen molar-refractivity contribution in [1.82, 2.24) is 5.32 Å². The highest BCUT2D eigenvalue weighted by Crippen LogP contribution is 2.29. The molecule has 0 aliphatic carbocycles. The van der Waals surface area contributed by atoms with Gasteiger partial charge in [0.25, 0.3) is 5.91 Å². The molecule has 1 atom stereocenters. The molecule has 4 nitrogen and oxygen atoms in total. The van der Waals surface area contributed by atoms with Gasteiger partial charge in [-0.1, -0.05) is 36.4 Å². The molecular weight excluding hydrogens is 302 g/mol. The third-order valence-electron chi connectivity index (χ3n) is 4.38. The molecule has 0 heterocycles. The molecule has 1 amide bonds. The zero-order chi connectivity index (χ0) is 17.7. The van der Waals surface area contributed by atoms with Crippen LogP contribution in [-0.4, -0.2) is 26.7 Å². The number of hydrogen-bond donors (Lipinski definition) is 1. The van der Waals surface area contributed by atoms with E-state index < -0.39 is 5.60 Å². The molecule has 0 spiro atoms. The molecule has 0 aromatic heterocycles. The molecule has 0 bridgehead atoms. The highest BCUT2D eigenvalue weighted by atomic mass is 16.5. The van der Waals surface area contributed by atoms with Gasteiger partial charge in [-0.05, 0) is 49.1 Å². The van der Waals surface area contributed by atoms with Gasteiger partial charge in [0.1, 0.15) is 12.4 Å². The predicted molar refractivity (Wildman–Crippen MR) is 95.3 cm³/mol. The van der Waals surface area contributed by atoms with E-state index >= 15 is 0 Å². The van der Waals surface area contributed by atoms with Gasteiger partial charge in [0.15, 0.2) is 0 Å². The average molecular weight is 327 g/mol. The first-order valence-corrected chi connectivity index (χ1v) is 7.98. The lowest BCUT2D eigenvalue weighted by Gasteiger charge is -2.31. The SMILES string of the molecule is CNC(=O)C(COc1cc(C)cc(C)c1C)(OC)c1ccccc1. The van der Waals surface area contributed by atoms with Gasteiger partial charge in [-0.15, -0.1) is 0 Å². The summed E-state index contributed by atoms with van der Waals surface area (Å²) >= 11 is 0. The number of hydrogen-bond acceptors (Lipinski definition) is 3. The summed E-state index contributed by atoms with van der Waals surface area (Å²) < 4.78 is 11.7. The molecule has 4 heteroatoms. The van der Waals surface area contributed by atoms with Gasteiger partial charge >= 0.3 is 0 Å². The number of aryl methyl sites for hydroxylation is 2. The summed E-state index contributed by atoms with van der Waals surface area (Å²) in [6.07, 6.45) is 0. The van der Waals surface area contributed by atoms with Crippen molar-refractivity contribution in [2.24, 2.45) is 0 Å². The topological polar surface area (TPSA) is 47.6 Å². The highest BCUT2D eigenvalue weighted by molar-refractivity contribution is 5.86. The van der Waals surface area contributed by atoms with Crippen LogP contribution in [0.2, 0.25) is 0 Å². The Hall–Kier alpha value is -2.33. The van der Waals surface area contributed by atoms with Gasteiger partial charge < -0.3 is 14.8 Å². The Morgan fingerprint density at radius 1 is 1.12 bits per heavy atom. The van der Waals surface area contributed by atoms with Crippen LogP contribution in [0.3, 0.4) is 0 Å². The summed E-state index contributed by atoms with van der Waals surface area (Å²) in [5, 5.41) is 2.69. The maximum absolute atomic E-state index is 12.6. The molecule has 24 heavy (non-hydrogen) atoms. The van der Waals surface area contributed by atoms with E-state index in [0.29, 0.717) is 0 Å². The molecule has 128 valence electrons. The molecule has 0 aliphatic rings. The van der Waals surface area contributed by atoms with E-state index in [-0.39, 0.29) is 12.5 Å². The lowest BCUT2D eigenvalue weighted by molar-refractivity contribution is -0.148. The van der Waals surface area contributed by atoms with E-state index in [1.165, 1.54) is 7.11 Å². The summed E-state index contributed by atoms with van der Waals surface area (Å²) in [7, 11) is 3.13. The van der Waals surface area contributed by atoms with Crippen molar-refractivity contribution in [2.75, 3.05) is 20.8 Å². The van der Waals surface area contributed by atoms with Crippen molar-refractivity contribution >= 4 is 5.91 Å². The quantitative estimate of drug-likeness (QED) is 0.886. The maximum Gasteiger partial charge on any atom is 0.260 e. The van der Waals surface area contributed by atoms with Crippen molar-refractivity contribution < 1.29 is 14.3 Å². The third kappa shape index (κ3) is 3.44. The fourth-order valence-electron chi connectivity index (χ4n) is 2.79. The molecule has 0 saturated carbocycles. The molecule has 0 radical (unpaired) electrons. The van der Waals surface area contributed by atoms with Crippen LogP contribution in [0.25, 0.3) is 0 Å². The van der Waals surface area contributed by atoms with Gasteiger partial charge in [-0.3, -0.25) is 4.79 Å². The van der Waals surface area contributed by atoms with E-state index in [0.717, 1.165) is 28.0 Å². The summed E-state index contributed by atoms with van der Waals surface area (Å²) in [4.78, 5) is 12.6. The minimum atomic E-state index is -1.19. The number of carbonyl (C=O) groups excluding carboxylic acids is 1. The number of carbonyl (C=O) groups is 1. The highest BCUT2D eigenvalue weighted by Gasteiger charge is 2.41. The average Bonchev–Trinajstić information content (AvgIpc) is 2.60. The Balaban J connectivity index is 2.39. The molecule has 2 aromatic carbocycles. The second-order valence-electron chi connectivity index (χ2n) is 5.97. The van der Waals surface area contributed by atoms with Crippen molar-refractivity contribution in [1.29, 1.82) is 0 Å². The summed E-state index contributed by atoms with van der Waals surface area (Å²) in [5.41, 5.74) is 2.91. The van der Waals surface area contributed by atoms with Gasteiger partial charge in [-0.2, -0.15) is 0 Å². The van der Waals surface area contributed by atoms with Crippen LogP contribution in [0.5, 0.6) is 5.75 Å². The fraction of sp³-hybridized carbons (Fsp3) is 0.350. The first-order chi connectivity index (χ1) is 11.4.